The summed E-state index contributed by atoms with van der Waals surface area (Å²) < 4.78 is 0. The van der Waals surface area contributed by atoms with E-state index < -0.39 is 10.8 Å². The van der Waals surface area contributed by atoms with E-state index in [0.717, 1.165) is 112 Å². The Bertz CT molecular complexity index is 7030. The molecule has 12 nitrogen and oxygen atoms in total. The minimum atomic E-state index is -0.503. The lowest BCUT2D eigenvalue weighted by molar-refractivity contribution is 0.754. The standard InChI is InChI=1S/C56H34N6S2.C44H26N6S2/c1-2-9-35(10-3-1)36-15-19-38(20-16-36)53-59-54(39-21-17-37(18-22-39)47-13-6-7-29-57-47)61-55(60-53)40-23-25-42(26-24-40)62-49-14-5-4-12-43(49)56(44-27-31-63-51(44)52-45(56)28-32-64-52)46-33-41-11-8-30-58-48(41)34-50(46)62;1-2-9-28(10-3-1)41-47-42(29-17-15-27(16-18-29)35-13-6-7-21-45-35)49-43(48-41)50-37-14-5-4-12-31(37)44(32-19-23-51-39(32)40-33(44)20-24-52-40)34-25-30-11-8-22-46-36(30)26-38(34)50/h1-34H;1-26H. The van der Waals surface area contributed by atoms with E-state index in [1.54, 1.807) is 0 Å². The van der Waals surface area contributed by atoms with Crippen LogP contribution in [0.4, 0.5) is 34.4 Å². The molecular formula is C100H60N12S4. The van der Waals surface area contributed by atoms with E-state index in [1.165, 1.54) is 64.0 Å². The summed E-state index contributed by atoms with van der Waals surface area (Å²) >= 11 is 7.33. The molecule has 0 atom stereocenters. The van der Waals surface area contributed by atoms with Crippen molar-refractivity contribution in [1.29, 1.82) is 0 Å². The van der Waals surface area contributed by atoms with E-state index >= 15 is 0 Å². The van der Waals surface area contributed by atoms with Crippen molar-refractivity contribution in [2.75, 3.05) is 9.80 Å². The summed E-state index contributed by atoms with van der Waals surface area (Å²) in [7, 11) is 0. The zero-order valence-electron chi connectivity index (χ0n) is 61.6. The molecule has 2 spiro atoms. The number of aromatic nitrogens is 10. The fourth-order valence-electron chi connectivity index (χ4n) is 17.7. The van der Waals surface area contributed by atoms with Gasteiger partial charge >= 0.3 is 0 Å². The lowest BCUT2D eigenvalue weighted by Gasteiger charge is -2.44. The summed E-state index contributed by atoms with van der Waals surface area (Å²) in [5, 5.41) is 11.2. The molecule has 10 aromatic heterocycles. The average Bonchev–Trinajstić information content (AvgIpc) is 1.49. The number of thiophene rings is 4. The van der Waals surface area contributed by atoms with Crippen molar-refractivity contribution in [3.05, 3.63) is 406 Å². The Kier molecular flexibility index (Phi) is 15.8. The Morgan fingerprint density at radius 2 is 0.560 bits per heavy atom. The first-order chi connectivity index (χ1) is 57.5. The van der Waals surface area contributed by atoms with Crippen molar-refractivity contribution in [1.82, 2.24) is 49.8 Å². The van der Waals surface area contributed by atoms with Crippen LogP contribution in [0.3, 0.4) is 0 Å². The number of benzene rings is 10. The monoisotopic (exact) mass is 1560 g/mol. The smallest absolute Gasteiger partial charge is 0.238 e. The summed E-state index contributed by atoms with van der Waals surface area (Å²) in [6, 6.07) is 111. The number of hydrogen-bond acceptors (Lipinski definition) is 16. The first-order valence-electron chi connectivity index (χ1n) is 38.3. The van der Waals surface area contributed by atoms with Crippen LogP contribution in [0.5, 0.6) is 0 Å². The van der Waals surface area contributed by atoms with E-state index in [1.807, 2.05) is 155 Å². The minimum absolute atomic E-state index is 0.455. The van der Waals surface area contributed by atoms with Crippen LogP contribution < -0.4 is 9.80 Å². The molecule has 10 aromatic carbocycles. The lowest BCUT2D eigenvalue weighted by atomic mass is 9.65. The highest BCUT2D eigenvalue weighted by atomic mass is 32.1. The van der Waals surface area contributed by atoms with Gasteiger partial charge in [-0.1, -0.05) is 194 Å². The Morgan fingerprint density at radius 1 is 0.224 bits per heavy atom. The van der Waals surface area contributed by atoms with Crippen molar-refractivity contribution in [3.8, 4) is 110 Å². The van der Waals surface area contributed by atoms with Crippen molar-refractivity contribution < 1.29 is 0 Å². The molecule has 16 heteroatoms. The summed E-state index contributed by atoms with van der Waals surface area (Å²) in [6.07, 6.45) is 7.37. The molecule has 116 heavy (non-hydrogen) atoms. The second kappa shape index (κ2) is 27.3. The SMILES string of the molecule is c1ccc(-c2ccc(-c3nc(-c4ccc(-c5ccccn5)cc4)nc(-c4ccc(N5c6ccccc6C6(c7cc8cccnc8cc75)c5ccsc5-c5sccc56)cc4)n3)cc2)cc1.c1ccc(-c2nc(-c3ccc(-c4ccccn4)cc3)nc(N3c4ccccc4C4(c5cc6cccnc6cc53)c3ccsc3-c3sccc34)n2)cc1. The first kappa shape index (κ1) is 67.4. The van der Waals surface area contributed by atoms with Crippen LogP contribution >= 0.6 is 45.3 Å². The Balaban J connectivity index is 0.000000140. The summed E-state index contributed by atoms with van der Waals surface area (Å²) in [5.41, 5.74) is 27.2. The number of hydrogen-bond donors (Lipinski definition) is 0. The average molecular weight is 1560 g/mol. The van der Waals surface area contributed by atoms with E-state index in [0.29, 0.717) is 35.1 Å². The molecule has 0 unspecified atom stereocenters. The molecule has 0 bridgehead atoms. The van der Waals surface area contributed by atoms with Crippen molar-refractivity contribution >= 4 is 102 Å². The maximum Gasteiger partial charge on any atom is 0.238 e. The van der Waals surface area contributed by atoms with Gasteiger partial charge in [-0.15, -0.1) is 45.3 Å². The molecule has 0 radical (unpaired) electrons. The molecule has 0 amide bonds. The number of pyridine rings is 4. The van der Waals surface area contributed by atoms with Crippen molar-refractivity contribution in [3.63, 3.8) is 0 Å². The van der Waals surface area contributed by atoms with Gasteiger partial charge in [0.15, 0.2) is 29.1 Å². The molecule has 0 N–H and O–H groups in total. The van der Waals surface area contributed by atoms with E-state index in [-0.39, 0.29) is 0 Å². The number of nitrogens with zero attached hydrogens (tertiary/aromatic N) is 12. The molecular weight excluding hydrogens is 1500 g/mol. The molecule has 4 aliphatic rings. The van der Waals surface area contributed by atoms with Crippen LogP contribution in [0.25, 0.3) is 132 Å². The van der Waals surface area contributed by atoms with Crippen molar-refractivity contribution in [2.45, 2.75) is 10.8 Å². The first-order valence-corrected chi connectivity index (χ1v) is 41.8. The zero-order valence-corrected chi connectivity index (χ0v) is 64.9. The minimum Gasteiger partial charge on any atom is -0.310 e. The number of rotatable bonds is 10. The molecule has 2 aliphatic heterocycles. The highest BCUT2D eigenvalue weighted by Gasteiger charge is 2.55. The molecule has 20 aromatic rings. The van der Waals surface area contributed by atoms with Gasteiger partial charge in [0.2, 0.25) is 5.95 Å². The summed E-state index contributed by atoms with van der Waals surface area (Å²) in [6.45, 7) is 0. The lowest BCUT2D eigenvalue weighted by Crippen LogP contribution is -2.36. The second-order valence-electron chi connectivity index (χ2n) is 29.0. The van der Waals surface area contributed by atoms with Gasteiger partial charge in [0.05, 0.1) is 56.0 Å². The summed E-state index contributed by atoms with van der Waals surface area (Å²) in [4.78, 5) is 59.8. The highest BCUT2D eigenvalue weighted by Crippen LogP contribution is 2.68. The Hall–Kier alpha value is -14.3. The normalized spacial score (nSPS) is 13.3. The van der Waals surface area contributed by atoms with E-state index in [9.17, 15) is 0 Å². The van der Waals surface area contributed by atoms with Gasteiger partial charge in [0, 0.05) is 99.7 Å². The number of fused-ring (bicyclic) bond motifs is 20. The quantitative estimate of drug-likeness (QED) is 0.129. The molecule has 0 saturated heterocycles. The highest BCUT2D eigenvalue weighted by molar-refractivity contribution is 7.21. The van der Waals surface area contributed by atoms with Crippen LogP contribution in [-0.2, 0) is 10.8 Å². The van der Waals surface area contributed by atoms with Gasteiger partial charge in [-0.05, 0) is 198 Å². The van der Waals surface area contributed by atoms with Crippen LogP contribution in [-0.4, -0.2) is 49.8 Å². The van der Waals surface area contributed by atoms with Gasteiger partial charge < -0.3 is 4.90 Å². The fourth-order valence-corrected chi connectivity index (χ4v) is 21.9. The third kappa shape index (κ3) is 10.7. The third-order valence-corrected chi connectivity index (χ3v) is 26.8. The zero-order chi connectivity index (χ0) is 76.4. The molecule has 2 aliphatic carbocycles. The van der Waals surface area contributed by atoms with Crippen LogP contribution in [0, 0.1) is 0 Å². The van der Waals surface area contributed by atoms with Crippen LogP contribution in [0.2, 0.25) is 0 Å². The largest absolute Gasteiger partial charge is 0.310 e. The predicted octanol–water partition coefficient (Wildman–Crippen LogP) is 25.5. The maximum atomic E-state index is 5.29. The number of para-hydroxylation sites is 2. The van der Waals surface area contributed by atoms with Crippen LogP contribution in [0.15, 0.2) is 362 Å². The third-order valence-electron chi connectivity index (χ3n) is 22.9. The molecule has 24 rings (SSSR count). The number of anilines is 6. The van der Waals surface area contributed by atoms with Gasteiger partial charge in [-0.25, -0.2) is 19.9 Å². The molecule has 544 valence electrons. The molecule has 0 saturated carbocycles. The predicted molar refractivity (Wildman–Crippen MR) is 472 cm³/mol. The topological polar surface area (TPSA) is 135 Å². The Labute approximate surface area is 683 Å². The molecule has 0 fully saturated rings. The Morgan fingerprint density at radius 3 is 0.991 bits per heavy atom. The van der Waals surface area contributed by atoms with Crippen molar-refractivity contribution in [2.24, 2.45) is 0 Å². The molecule has 12 heterocycles. The van der Waals surface area contributed by atoms with Gasteiger partial charge in [0.1, 0.15) is 0 Å². The maximum absolute atomic E-state index is 5.29. The van der Waals surface area contributed by atoms with Gasteiger partial charge in [-0.2, -0.15) is 9.97 Å². The second-order valence-corrected chi connectivity index (χ2v) is 32.7. The summed E-state index contributed by atoms with van der Waals surface area (Å²) in [5.74, 6) is 3.56. The van der Waals surface area contributed by atoms with Crippen LogP contribution in [0.1, 0.15) is 44.5 Å². The van der Waals surface area contributed by atoms with E-state index in [2.05, 4.69) is 272 Å². The van der Waals surface area contributed by atoms with Gasteiger partial charge in [-0.3, -0.25) is 24.8 Å². The van der Waals surface area contributed by atoms with E-state index in [4.69, 9.17) is 39.9 Å². The van der Waals surface area contributed by atoms with Gasteiger partial charge in [0.25, 0.3) is 0 Å². The fraction of sp³-hybridized carbons (Fsp3) is 0.0200.